The largest absolute Gasteiger partial charge is 0.465 e. The van der Waals surface area contributed by atoms with Gasteiger partial charge in [0.1, 0.15) is 12.2 Å². The van der Waals surface area contributed by atoms with E-state index >= 15 is 0 Å². The van der Waals surface area contributed by atoms with Crippen molar-refractivity contribution in [2.75, 3.05) is 26.4 Å². The molecular weight excluding hydrogens is 336 g/mol. The molecule has 0 aromatic heterocycles. The van der Waals surface area contributed by atoms with Crippen LogP contribution in [0.25, 0.3) is 0 Å². The van der Waals surface area contributed by atoms with E-state index in [1.807, 2.05) is 0 Å². The van der Waals surface area contributed by atoms with Crippen LogP contribution in [0.5, 0.6) is 0 Å². The number of ether oxygens (including phenoxy) is 4. The van der Waals surface area contributed by atoms with Gasteiger partial charge in [-0.1, -0.05) is 0 Å². The maximum absolute atomic E-state index is 11.9. The first-order chi connectivity index (χ1) is 10.9. The van der Waals surface area contributed by atoms with Crippen LogP contribution < -0.4 is 0 Å². The van der Waals surface area contributed by atoms with Crippen molar-refractivity contribution < 1.29 is 46.2 Å². The molecule has 0 radical (unpaired) electrons. The standard InChI is InChI=1S/C12H20O10S/c1-3-18-10(14)9(11(15)19-4-2)12-20-6-8(22-23(16)17)7(5-13)21-12/h7-9,12-13,23H,3-6H2,1-2H3/t7-,8+,12?/m1/s1. The molecule has 1 N–H and O–H groups in total. The zero-order valence-electron chi connectivity index (χ0n) is 12.7. The second-order valence-electron chi connectivity index (χ2n) is 4.41. The Labute approximate surface area is 134 Å². The Kier molecular flexibility index (Phi) is 8.41. The Bertz CT molecular complexity index is 450. The molecule has 1 rings (SSSR count). The molecule has 0 bridgehead atoms. The lowest BCUT2D eigenvalue weighted by atomic mass is 10.1. The molecule has 134 valence electrons. The smallest absolute Gasteiger partial charge is 0.325 e. The number of hydrogen-bond donors (Lipinski definition) is 2. The minimum atomic E-state index is -3.18. The van der Waals surface area contributed by atoms with Crippen LogP contribution in [0, 0.1) is 5.92 Å². The van der Waals surface area contributed by atoms with E-state index < -0.39 is 53.9 Å². The lowest BCUT2D eigenvalue weighted by Crippen LogP contribution is -2.52. The van der Waals surface area contributed by atoms with E-state index in [4.69, 9.17) is 18.9 Å². The lowest BCUT2D eigenvalue weighted by Gasteiger charge is -2.36. The monoisotopic (exact) mass is 356 g/mol. The van der Waals surface area contributed by atoms with Crippen LogP contribution in [0.15, 0.2) is 0 Å². The van der Waals surface area contributed by atoms with Gasteiger partial charge in [-0.25, -0.2) is 8.42 Å². The van der Waals surface area contributed by atoms with Crippen molar-refractivity contribution >= 4 is 22.9 Å². The molecule has 1 heterocycles. The van der Waals surface area contributed by atoms with Crippen LogP contribution in [-0.2, 0) is 43.7 Å². The molecule has 0 amide bonds. The van der Waals surface area contributed by atoms with Crippen molar-refractivity contribution in [1.29, 1.82) is 0 Å². The van der Waals surface area contributed by atoms with Gasteiger partial charge in [0.05, 0.1) is 26.4 Å². The Hall–Kier alpha value is -1.27. The van der Waals surface area contributed by atoms with Gasteiger partial charge in [0.2, 0.25) is 5.92 Å². The topological polar surface area (TPSA) is 135 Å². The van der Waals surface area contributed by atoms with Gasteiger partial charge < -0.3 is 24.1 Å². The van der Waals surface area contributed by atoms with Gasteiger partial charge in [0, 0.05) is 0 Å². The number of aliphatic hydroxyl groups is 1. The molecule has 1 saturated heterocycles. The number of thiol groups is 1. The average molecular weight is 356 g/mol. The number of carbonyl (C=O) groups excluding carboxylic acids is 2. The van der Waals surface area contributed by atoms with Gasteiger partial charge in [0.25, 0.3) is 11.0 Å². The predicted molar refractivity (Wildman–Crippen MR) is 73.6 cm³/mol. The summed E-state index contributed by atoms with van der Waals surface area (Å²) in [6, 6.07) is 0. The summed E-state index contributed by atoms with van der Waals surface area (Å²) in [5.41, 5.74) is 0. The first-order valence-electron chi connectivity index (χ1n) is 6.96. The number of aliphatic hydroxyl groups excluding tert-OH is 1. The minimum absolute atomic E-state index is 0.0350. The number of hydrogen-bond acceptors (Lipinski definition) is 10. The van der Waals surface area contributed by atoms with Gasteiger partial charge in [-0.3, -0.25) is 13.8 Å². The second kappa shape index (κ2) is 9.78. The fraction of sp³-hybridized carbons (Fsp3) is 0.833. The lowest BCUT2D eigenvalue weighted by molar-refractivity contribution is -0.270. The molecule has 10 nitrogen and oxygen atoms in total. The van der Waals surface area contributed by atoms with Gasteiger partial charge in [-0.2, -0.15) is 0 Å². The van der Waals surface area contributed by atoms with Crippen LogP contribution in [0.1, 0.15) is 13.8 Å². The molecule has 3 atom stereocenters. The van der Waals surface area contributed by atoms with E-state index in [-0.39, 0.29) is 19.8 Å². The number of carbonyl (C=O) groups is 2. The van der Waals surface area contributed by atoms with Crippen molar-refractivity contribution in [2.45, 2.75) is 32.3 Å². The zero-order chi connectivity index (χ0) is 17.4. The van der Waals surface area contributed by atoms with E-state index in [2.05, 4.69) is 4.18 Å². The Morgan fingerprint density at radius 1 is 1.22 bits per heavy atom. The van der Waals surface area contributed by atoms with Crippen LogP contribution in [0.2, 0.25) is 0 Å². The SMILES string of the molecule is CCOC(=O)C(C(=O)OCC)C1OC[C@H](O[SH](=O)=O)[C@@H](CO)O1. The third kappa shape index (κ3) is 5.70. The van der Waals surface area contributed by atoms with Gasteiger partial charge in [0.15, 0.2) is 6.29 Å². The predicted octanol–water partition coefficient (Wildman–Crippen LogP) is -1.63. The molecule has 1 fully saturated rings. The molecule has 1 aliphatic heterocycles. The highest BCUT2D eigenvalue weighted by molar-refractivity contribution is 7.67. The normalized spacial score (nSPS) is 24.7. The van der Waals surface area contributed by atoms with E-state index in [0.717, 1.165) is 0 Å². The summed E-state index contributed by atoms with van der Waals surface area (Å²) >= 11 is 0. The van der Waals surface area contributed by atoms with E-state index in [9.17, 15) is 23.1 Å². The molecular formula is C12H20O10S. The van der Waals surface area contributed by atoms with Gasteiger partial charge >= 0.3 is 11.9 Å². The fourth-order valence-electron chi connectivity index (χ4n) is 1.92. The van der Waals surface area contributed by atoms with Crippen LogP contribution >= 0.6 is 0 Å². The van der Waals surface area contributed by atoms with E-state index in [0.29, 0.717) is 0 Å². The van der Waals surface area contributed by atoms with Crippen LogP contribution in [0.3, 0.4) is 0 Å². The third-order valence-electron chi connectivity index (χ3n) is 2.90. The zero-order valence-corrected chi connectivity index (χ0v) is 13.6. The summed E-state index contributed by atoms with van der Waals surface area (Å²) in [6.07, 6.45) is -3.55. The molecule has 0 spiro atoms. The number of esters is 2. The highest BCUT2D eigenvalue weighted by Gasteiger charge is 2.45. The molecule has 0 aliphatic carbocycles. The van der Waals surface area contributed by atoms with E-state index in [1.54, 1.807) is 13.8 Å². The Morgan fingerprint density at radius 3 is 2.22 bits per heavy atom. The third-order valence-corrected chi connectivity index (χ3v) is 3.35. The minimum Gasteiger partial charge on any atom is -0.465 e. The van der Waals surface area contributed by atoms with Gasteiger partial charge in [-0.05, 0) is 13.8 Å². The Morgan fingerprint density at radius 2 is 1.78 bits per heavy atom. The summed E-state index contributed by atoms with van der Waals surface area (Å²) < 4.78 is 45.8. The van der Waals surface area contributed by atoms with Gasteiger partial charge in [-0.15, -0.1) is 0 Å². The first-order valence-corrected chi connectivity index (χ1v) is 8.06. The summed E-state index contributed by atoms with van der Waals surface area (Å²) in [5.74, 6) is -3.31. The maximum atomic E-state index is 11.9. The summed E-state index contributed by atoms with van der Waals surface area (Å²) in [7, 11) is -3.18. The molecule has 1 aliphatic rings. The first kappa shape index (κ1) is 19.8. The second-order valence-corrected chi connectivity index (χ2v) is 5.07. The molecule has 11 heteroatoms. The molecule has 23 heavy (non-hydrogen) atoms. The van der Waals surface area contributed by atoms with E-state index in [1.165, 1.54) is 0 Å². The van der Waals surface area contributed by atoms with Crippen LogP contribution in [-0.4, -0.2) is 70.4 Å². The maximum Gasteiger partial charge on any atom is 0.325 e. The molecule has 1 unspecified atom stereocenters. The van der Waals surface area contributed by atoms with Crippen molar-refractivity contribution in [3.63, 3.8) is 0 Å². The highest BCUT2D eigenvalue weighted by Crippen LogP contribution is 2.23. The van der Waals surface area contributed by atoms with Crippen molar-refractivity contribution in [1.82, 2.24) is 0 Å². The van der Waals surface area contributed by atoms with Crippen LogP contribution in [0.4, 0.5) is 0 Å². The fourth-order valence-corrected chi connectivity index (χ4v) is 2.34. The average Bonchev–Trinajstić information content (AvgIpc) is 2.48. The quantitative estimate of drug-likeness (QED) is 0.296. The number of rotatable bonds is 8. The summed E-state index contributed by atoms with van der Waals surface area (Å²) in [6.45, 7) is 2.31. The molecule has 0 aromatic carbocycles. The Balaban J connectivity index is 2.87. The summed E-state index contributed by atoms with van der Waals surface area (Å²) in [4.78, 5) is 23.9. The summed E-state index contributed by atoms with van der Waals surface area (Å²) in [5, 5.41) is 9.27. The van der Waals surface area contributed by atoms with Crippen molar-refractivity contribution in [2.24, 2.45) is 5.92 Å². The van der Waals surface area contributed by atoms with Crippen molar-refractivity contribution in [3.8, 4) is 0 Å². The highest BCUT2D eigenvalue weighted by atomic mass is 32.2. The molecule has 0 aromatic rings. The molecule has 0 saturated carbocycles. The van der Waals surface area contributed by atoms with Crippen molar-refractivity contribution in [3.05, 3.63) is 0 Å².